The molecule has 0 aliphatic carbocycles. The summed E-state index contributed by atoms with van der Waals surface area (Å²) in [6.07, 6.45) is -3.62. The van der Waals surface area contributed by atoms with Gasteiger partial charge in [-0.2, -0.15) is 0 Å². The molecule has 0 bridgehead atoms. The molecule has 0 fully saturated rings. The zero-order valence-corrected chi connectivity index (χ0v) is 7.25. The van der Waals surface area contributed by atoms with Crippen molar-refractivity contribution in [2.24, 2.45) is 0 Å². The average molecular weight is 212 g/mol. The molecule has 0 rings (SSSR count). The molecule has 0 aromatic carbocycles. The molecule has 8 heteroatoms. The first kappa shape index (κ1) is 15.1. The number of carboxylic acid groups (broad SMARTS) is 2. The summed E-state index contributed by atoms with van der Waals surface area (Å²) in [6, 6.07) is 0. The summed E-state index contributed by atoms with van der Waals surface area (Å²) in [4.78, 5) is 18.4. The number of aliphatic hydroxyl groups is 2. The van der Waals surface area contributed by atoms with Gasteiger partial charge in [0, 0.05) is 0 Å². The number of rotatable bonds is 4. The van der Waals surface area contributed by atoms with Crippen LogP contribution >= 0.6 is 0 Å². The minimum atomic E-state index is -1.81. The molecule has 0 unspecified atom stereocenters. The summed E-state index contributed by atoms with van der Waals surface area (Å²) in [5, 5.41) is 31.1. The molecule has 0 heterocycles. The van der Waals surface area contributed by atoms with Crippen LogP contribution in [0.25, 0.3) is 0 Å². The summed E-state index contributed by atoms with van der Waals surface area (Å²) in [6.45, 7) is 0.696. The molecule has 0 aromatic heterocycles. The van der Waals surface area contributed by atoms with Crippen molar-refractivity contribution in [3.63, 3.8) is 0 Å². The van der Waals surface area contributed by atoms with Crippen LogP contribution in [0.3, 0.4) is 0 Å². The molecule has 8 nitrogen and oxygen atoms in total. The van der Waals surface area contributed by atoms with Crippen LogP contribution in [0.2, 0.25) is 0 Å². The van der Waals surface area contributed by atoms with Gasteiger partial charge < -0.3 is 29.9 Å². The standard InChI is InChI=1S/C4H10O3.C2H2O5/c5-1-3-7-4-2-6;3-1(4)7-2(5)6/h5-6H,1-4H2;(H,3,4)(H,5,6). The third-order valence-corrected chi connectivity index (χ3v) is 0.646. The minimum Gasteiger partial charge on any atom is -0.449 e. The number of hydrogen-bond donors (Lipinski definition) is 4. The van der Waals surface area contributed by atoms with Gasteiger partial charge in [-0.1, -0.05) is 0 Å². The van der Waals surface area contributed by atoms with E-state index in [1.807, 2.05) is 0 Å². The lowest BCUT2D eigenvalue weighted by atomic mass is 10.7. The second-order valence-electron chi connectivity index (χ2n) is 1.69. The van der Waals surface area contributed by atoms with E-state index in [1.54, 1.807) is 0 Å². The van der Waals surface area contributed by atoms with Crippen LogP contribution in [0.4, 0.5) is 9.59 Å². The number of aliphatic hydroxyl groups excluding tert-OH is 2. The van der Waals surface area contributed by atoms with Crippen LogP contribution in [-0.4, -0.2) is 59.2 Å². The van der Waals surface area contributed by atoms with E-state index >= 15 is 0 Å². The molecule has 0 aromatic rings. The molecule has 0 saturated heterocycles. The van der Waals surface area contributed by atoms with Gasteiger partial charge in [0.05, 0.1) is 26.4 Å². The van der Waals surface area contributed by atoms with Gasteiger partial charge in [-0.05, 0) is 0 Å². The van der Waals surface area contributed by atoms with Crippen molar-refractivity contribution in [2.75, 3.05) is 26.4 Å². The predicted octanol–water partition coefficient (Wildman–Crippen LogP) is -0.653. The summed E-state index contributed by atoms with van der Waals surface area (Å²) in [7, 11) is 0. The fraction of sp³-hybridized carbons (Fsp3) is 0.667. The van der Waals surface area contributed by atoms with Crippen molar-refractivity contribution in [1.29, 1.82) is 0 Å². The van der Waals surface area contributed by atoms with Crippen molar-refractivity contribution in [3.05, 3.63) is 0 Å². The van der Waals surface area contributed by atoms with Crippen LogP contribution in [0.15, 0.2) is 0 Å². The van der Waals surface area contributed by atoms with Crippen molar-refractivity contribution in [2.45, 2.75) is 0 Å². The lowest BCUT2D eigenvalue weighted by Crippen LogP contribution is -2.05. The molecule has 4 N–H and O–H groups in total. The van der Waals surface area contributed by atoms with Gasteiger partial charge in [0.1, 0.15) is 0 Å². The summed E-state index contributed by atoms with van der Waals surface area (Å²) in [5.74, 6) is 0. The van der Waals surface area contributed by atoms with E-state index in [2.05, 4.69) is 9.47 Å². The fourth-order valence-corrected chi connectivity index (χ4v) is 0.306. The number of carbonyl (C=O) groups is 2. The Hall–Kier alpha value is -1.38. The lowest BCUT2D eigenvalue weighted by Gasteiger charge is -1.94. The quantitative estimate of drug-likeness (QED) is 0.274. The Labute approximate surface area is 79.3 Å². The molecule has 0 radical (unpaired) electrons. The second kappa shape index (κ2) is 11.6. The van der Waals surface area contributed by atoms with Gasteiger partial charge in [0.2, 0.25) is 0 Å². The molecule has 0 aliphatic rings. The highest BCUT2D eigenvalue weighted by atomic mass is 16.7. The third-order valence-electron chi connectivity index (χ3n) is 0.646. The maximum atomic E-state index is 9.21. The van der Waals surface area contributed by atoms with E-state index in [-0.39, 0.29) is 13.2 Å². The maximum Gasteiger partial charge on any atom is 0.516 e. The molecule has 0 amide bonds. The Bertz CT molecular complexity index is 140. The first-order chi connectivity index (χ1) is 6.54. The largest absolute Gasteiger partial charge is 0.516 e. The van der Waals surface area contributed by atoms with E-state index in [9.17, 15) is 9.59 Å². The van der Waals surface area contributed by atoms with Gasteiger partial charge in [0.15, 0.2) is 0 Å². The Morgan fingerprint density at radius 1 is 0.929 bits per heavy atom. The maximum absolute atomic E-state index is 9.21. The third kappa shape index (κ3) is 22.4. The Balaban J connectivity index is 0. The van der Waals surface area contributed by atoms with Crippen LogP contribution in [-0.2, 0) is 9.47 Å². The predicted molar refractivity (Wildman–Crippen MR) is 42.1 cm³/mol. The number of hydrogen-bond acceptors (Lipinski definition) is 6. The van der Waals surface area contributed by atoms with Gasteiger partial charge in [-0.15, -0.1) is 0 Å². The van der Waals surface area contributed by atoms with E-state index < -0.39 is 12.3 Å². The highest BCUT2D eigenvalue weighted by Crippen LogP contribution is 1.73. The van der Waals surface area contributed by atoms with Crippen LogP contribution < -0.4 is 0 Å². The van der Waals surface area contributed by atoms with Crippen LogP contribution in [0.1, 0.15) is 0 Å². The Morgan fingerprint density at radius 3 is 1.43 bits per heavy atom. The monoisotopic (exact) mass is 212 g/mol. The SMILES string of the molecule is O=C(O)OC(=O)O.OCCOCCO. The minimum absolute atomic E-state index is 0.0278. The molecule has 84 valence electrons. The zero-order chi connectivity index (χ0) is 11.4. The topological polar surface area (TPSA) is 134 Å². The lowest BCUT2D eigenvalue weighted by molar-refractivity contribution is 0.0650. The smallest absolute Gasteiger partial charge is 0.449 e. The highest BCUT2D eigenvalue weighted by Gasteiger charge is 2.01. The van der Waals surface area contributed by atoms with E-state index in [1.165, 1.54) is 0 Å². The number of ether oxygens (including phenoxy) is 2. The van der Waals surface area contributed by atoms with E-state index in [4.69, 9.17) is 20.4 Å². The van der Waals surface area contributed by atoms with Gasteiger partial charge >= 0.3 is 12.3 Å². The fourth-order valence-electron chi connectivity index (χ4n) is 0.306. The first-order valence-electron chi connectivity index (χ1n) is 3.47. The average Bonchev–Trinajstić information content (AvgIpc) is 2.04. The van der Waals surface area contributed by atoms with Gasteiger partial charge in [-0.25, -0.2) is 9.59 Å². The molecular formula is C6H12O8. The Kier molecular flexibility index (Phi) is 12.5. The highest BCUT2D eigenvalue weighted by molar-refractivity contribution is 5.74. The first-order valence-corrected chi connectivity index (χ1v) is 3.47. The van der Waals surface area contributed by atoms with Crippen molar-refractivity contribution >= 4 is 12.3 Å². The molecule has 0 spiro atoms. The van der Waals surface area contributed by atoms with Crippen molar-refractivity contribution < 1.29 is 39.5 Å². The zero-order valence-electron chi connectivity index (χ0n) is 7.25. The van der Waals surface area contributed by atoms with E-state index in [0.717, 1.165) is 0 Å². The molecular weight excluding hydrogens is 200 g/mol. The van der Waals surface area contributed by atoms with Gasteiger partial charge in [0.25, 0.3) is 0 Å². The molecule has 0 saturated carbocycles. The molecule has 14 heavy (non-hydrogen) atoms. The van der Waals surface area contributed by atoms with Crippen molar-refractivity contribution in [3.8, 4) is 0 Å². The van der Waals surface area contributed by atoms with Gasteiger partial charge in [-0.3, -0.25) is 0 Å². The summed E-state index contributed by atoms with van der Waals surface area (Å²) in [5.41, 5.74) is 0. The van der Waals surface area contributed by atoms with E-state index in [0.29, 0.717) is 13.2 Å². The van der Waals surface area contributed by atoms with Crippen LogP contribution in [0.5, 0.6) is 0 Å². The Morgan fingerprint density at radius 2 is 1.29 bits per heavy atom. The van der Waals surface area contributed by atoms with Crippen molar-refractivity contribution in [1.82, 2.24) is 0 Å². The normalized spacial score (nSPS) is 8.43. The summed E-state index contributed by atoms with van der Waals surface area (Å²) >= 11 is 0. The van der Waals surface area contributed by atoms with Crippen LogP contribution in [0, 0.1) is 0 Å². The molecule has 0 aliphatic heterocycles. The second-order valence-corrected chi connectivity index (χ2v) is 1.69. The summed E-state index contributed by atoms with van der Waals surface area (Å²) < 4.78 is 7.72. The molecule has 0 atom stereocenters.